The molecule has 2 nitrogen and oxygen atoms in total. The van der Waals surface area contributed by atoms with E-state index in [1.54, 1.807) is 4.90 Å². The SMILES string of the molecule is CCCN(CC)c1c(F)cc(CCN)cc1F. The lowest BCUT2D eigenvalue weighted by Gasteiger charge is -2.23. The second-order valence-electron chi connectivity index (χ2n) is 4.03. The van der Waals surface area contributed by atoms with Crippen molar-refractivity contribution in [3.63, 3.8) is 0 Å². The van der Waals surface area contributed by atoms with Crippen LogP contribution in [0.1, 0.15) is 25.8 Å². The smallest absolute Gasteiger partial charge is 0.149 e. The van der Waals surface area contributed by atoms with Crippen molar-refractivity contribution in [2.24, 2.45) is 5.73 Å². The summed E-state index contributed by atoms with van der Waals surface area (Å²) in [5.74, 6) is -0.993. The van der Waals surface area contributed by atoms with Crippen LogP contribution in [0.3, 0.4) is 0 Å². The molecule has 1 rings (SSSR count). The molecule has 0 saturated heterocycles. The minimum absolute atomic E-state index is 0.0788. The summed E-state index contributed by atoms with van der Waals surface area (Å²) in [6.07, 6.45) is 1.35. The van der Waals surface area contributed by atoms with Crippen molar-refractivity contribution < 1.29 is 8.78 Å². The summed E-state index contributed by atoms with van der Waals surface area (Å²) in [7, 11) is 0. The summed E-state index contributed by atoms with van der Waals surface area (Å²) in [6, 6.07) is 2.76. The van der Waals surface area contributed by atoms with Crippen LogP contribution in [0.4, 0.5) is 14.5 Å². The number of benzene rings is 1. The molecule has 0 aliphatic rings. The molecule has 0 heterocycles. The number of anilines is 1. The van der Waals surface area contributed by atoms with Crippen LogP contribution in [-0.4, -0.2) is 19.6 Å². The Balaban J connectivity index is 3.07. The maximum Gasteiger partial charge on any atom is 0.149 e. The molecule has 0 spiro atoms. The highest BCUT2D eigenvalue weighted by atomic mass is 19.1. The third kappa shape index (κ3) is 3.40. The van der Waals surface area contributed by atoms with E-state index in [-0.39, 0.29) is 5.69 Å². The Morgan fingerprint density at radius 2 is 1.76 bits per heavy atom. The molecular formula is C13H20F2N2. The maximum absolute atomic E-state index is 13.9. The first-order chi connectivity index (χ1) is 8.13. The summed E-state index contributed by atoms with van der Waals surface area (Å²) >= 11 is 0. The molecule has 0 bridgehead atoms. The van der Waals surface area contributed by atoms with E-state index in [0.717, 1.165) is 6.42 Å². The molecule has 0 radical (unpaired) electrons. The summed E-state index contributed by atoms with van der Waals surface area (Å²) in [5.41, 5.74) is 6.07. The zero-order chi connectivity index (χ0) is 12.8. The van der Waals surface area contributed by atoms with Gasteiger partial charge in [0.1, 0.15) is 17.3 Å². The van der Waals surface area contributed by atoms with Crippen molar-refractivity contribution in [3.8, 4) is 0 Å². The molecule has 0 fully saturated rings. The van der Waals surface area contributed by atoms with E-state index in [4.69, 9.17) is 5.73 Å². The van der Waals surface area contributed by atoms with Gasteiger partial charge in [-0.05, 0) is 44.0 Å². The van der Waals surface area contributed by atoms with Gasteiger partial charge in [0.25, 0.3) is 0 Å². The first kappa shape index (κ1) is 13.9. The van der Waals surface area contributed by atoms with Crippen LogP contribution < -0.4 is 10.6 Å². The van der Waals surface area contributed by atoms with Crippen LogP contribution in [-0.2, 0) is 6.42 Å². The molecule has 0 amide bonds. The van der Waals surface area contributed by atoms with Crippen molar-refractivity contribution in [1.82, 2.24) is 0 Å². The normalized spacial score (nSPS) is 10.6. The van der Waals surface area contributed by atoms with Crippen molar-refractivity contribution in [1.29, 1.82) is 0 Å². The first-order valence-corrected chi connectivity index (χ1v) is 6.06. The summed E-state index contributed by atoms with van der Waals surface area (Å²) < 4.78 is 27.7. The minimum atomic E-state index is -0.497. The molecule has 1 aromatic carbocycles. The molecule has 96 valence electrons. The van der Waals surface area contributed by atoms with Crippen LogP contribution in [0.15, 0.2) is 12.1 Å². The van der Waals surface area contributed by atoms with Gasteiger partial charge < -0.3 is 10.6 Å². The predicted molar refractivity (Wildman–Crippen MR) is 67.3 cm³/mol. The molecule has 4 heteroatoms. The lowest BCUT2D eigenvalue weighted by atomic mass is 10.1. The quantitative estimate of drug-likeness (QED) is 0.831. The van der Waals surface area contributed by atoms with Gasteiger partial charge in [0.15, 0.2) is 0 Å². The van der Waals surface area contributed by atoms with Gasteiger partial charge in [-0.2, -0.15) is 0 Å². The molecule has 0 saturated carbocycles. The van der Waals surface area contributed by atoms with Crippen LogP contribution in [0.2, 0.25) is 0 Å². The fourth-order valence-electron chi connectivity index (χ4n) is 1.93. The topological polar surface area (TPSA) is 29.3 Å². The third-order valence-corrected chi connectivity index (χ3v) is 2.70. The fraction of sp³-hybridized carbons (Fsp3) is 0.538. The predicted octanol–water partition coefficient (Wildman–Crippen LogP) is 2.70. The van der Waals surface area contributed by atoms with Crippen molar-refractivity contribution in [2.75, 3.05) is 24.5 Å². The third-order valence-electron chi connectivity index (χ3n) is 2.70. The Morgan fingerprint density at radius 3 is 2.18 bits per heavy atom. The zero-order valence-electron chi connectivity index (χ0n) is 10.5. The van der Waals surface area contributed by atoms with Gasteiger partial charge in [-0.15, -0.1) is 0 Å². The second-order valence-corrected chi connectivity index (χ2v) is 4.03. The lowest BCUT2D eigenvalue weighted by molar-refractivity contribution is 0.567. The van der Waals surface area contributed by atoms with Gasteiger partial charge in [-0.1, -0.05) is 6.92 Å². The van der Waals surface area contributed by atoms with Crippen molar-refractivity contribution in [2.45, 2.75) is 26.7 Å². The Labute approximate surface area is 101 Å². The molecule has 2 N–H and O–H groups in total. The maximum atomic E-state index is 13.9. The van der Waals surface area contributed by atoms with Crippen molar-refractivity contribution in [3.05, 3.63) is 29.3 Å². The second kappa shape index (κ2) is 6.55. The molecule has 1 aromatic rings. The van der Waals surface area contributed by atoms with E-state index in [1.165, 1.54) is 12.1 Å². The van der Waals surface area contributed by atoms with Crippen molar-refractivity contribution >= 4 is 5.69 Å². The summed E-state index contributed by atoms with van der Waals surface area (Å²) in [5, 5.41) is 0. The van der Waals surface area contributed by atoms with E-state index in [9.17, 15) is 8.78 Å². The Morgan fingerprint density at radius 1 is 1.18 bits per heavy atom. The lowest BCUT2D eigenvalue weighted by Crippen LogP contribution is -2.25. The average molecular weight is 242 g/mol. The number of rotatable bonds is 6. The van der Waals surface area contributed by atoms with E-state index in [1.807, 2.05) is 13.8 Å². The molecule has 0 aromatic heterocycles. The van der Waals surface area contributed by atoms with E-state index in [0.29, 0.717) is 31.6 Å². The Bertz CT molecular complexity index is 343. The number of halogens is 2. The monoisotopic (exact) mass is 242 g/mol. The Kier molecular flexibility index (Phi) is 5.35. The largest absolute Gasteiger partial charge is 0.367 e. The minimum Gasteiger partial charge on any atom is -0.367 e. The van der Waals surface area contributed by atoms with Crippen LogP contribution >= 0.6 is 0 Å². The fourth-order valence-corrected chi connectivity index (χ4v) is 1.93. The van der Waals surface area contributed by atoms with Gasteiger partial charge >= 0.3 is 0 Å². The number of hydrogen-bond donors (Lipinski definition) is 1. The van der Waals surface area contributed by atoms with E-state index < -0.39 is 11.6 Å². The summed E-state index contributed by atoms with van der Waals surface area (Å²) in [4.78, 5) is 1.72. The van der Waals surface area contributed by atoms with Gasteiger partial charge in [-0.25, -0.2) is 8.78 Å². The van der Waals surface area contributed by atoms with Crippen LogP contribution in [0, 0.1) is 11.6 Å². The van der Waals surface area contributed by atoms with Crippen LogP contribution in [0.25, 0.3) is 0 Å². The average Bonchev–Trinajstić information content (AvgIpc) is 2.27. The molecular weight excluding hydrogens is 222 g/mol. The molecule has 0 aliphatic carbocycles. The highest BCUT2D eigenvalue weighted by molar-refractivity contribution is 5.50. The molecule has 0 unspecified atom stereocenters. The number of nitrogens with two attached hydrogens (primary N) is 1. The van der Waals surface area contributed by atoms with Gasteiger partial charge in [0, 0.05) is 13.1 Å². The molecule has 0 aliphatic heterocycles. The summed E-state index contributed by atoms with van der Waals surface area (Å²) in [6.45, 7) is 5.52. The number of nitrogens with zero attached hydrogens (tertiary/aromatic N) is 1. The van der Waals surface area contributed by atoms with Gasteiger partial charge in [0.2, 0.25) is 0 Å². The molecule has 17 heavy (non-hydrogen) atoms. The highest BCUT2D eigenvalue weighted by Gasteiger charge is 2.16. The first-order valence-electron chi connectivity index (χ1n) is 6.06. The van der Waals surface area contributed by atoms with Gasteiger partial charge in [0.05, 0.1) is 0 Å². The van der Waals surface area contributed by atoms with E-state index in [2.05, 4.69) is 0 Å². The standard InChI is InChI=1S/C13H20F2N2/c1-3-7-17(4-2)13-11(14)8-10(5-6-16)9-12(13)15/h8-9H,3-7,16H2,1-2H3. The van der Waals surface area contributed by atoms with Gasteiger partial charge in [-0.3, -0.25) is 0 Å². The van der Waals surface area contributed by atoms with Crippen LogP contribution in [0.5, 0.6) is 0 Å². The Hall–Kier alpha value is -1.16. The highest BCUT2D eigenvalue weighted by Crippen LogP contribution is 2.25. The molecule has 0 atom stereocenters. The number of hydrogen-bond acceptors (Lipinski definition) is 2. The zero-order valence-corrected chi connectivity index (χ0v) is 10.5. The van der Waals surface area contributed by atoms with E-state index >= 15 is 0 Å².